The summed E-state index contributed by atoms with van der Waals surface area (Å²) in [6.07, 6.45) is 0. The van der Waals surface area contributed by atoms with E-state index in [0.29, 0.717) is 48.3 Å². The number of thiophene rings is 1. The molecule has 1 aliphatic rings. The van der Waals surface area contributed by atoms with Crippen molar-refractivity contribution < 1.29 is 22.7 Å². The van der Waals surface area contributed by atoms with Crippen molar-refractivity contribution in [3.63, 3.8) is 0 Å². The summed E-state index contributed by atoms with van der Waals surface area (Å²) < 4.78 is 38.0. The fraction of sp³-hybridized carbons (Fsp3) is 0.227. The Morgan fingerprint density at radius 2 is 1.91 bits per heavy atom. The van der Waals surface area contributed by atoms with Crippen LogP contribution < -0.4 is 10.1 Å². The quantitative estimate of drug-likeness (QED) is 0.553. The van der Waals surface area contributed by atoms with Gasteiger partial charge < -0.3 is 14.8 Å². The van der Waals surface area contributed by atoms with Crippen molar-refractivity contribution in [2.24, 2.45) is 0 Å². The molecule has 0 saturated carbocycles. The Hall–Kier alpha value is -2.43. The number of hydrogen-bond donors (Lipinski definition) is 1. The number of carbonyl (C=O) groups excluding carboxylic acids is 1. The van der Waals surface area contributed by atoms with Gasteiger partial charge >= 0.3 is 0 Å². The van der Waals surface area contributed by atoms with Crippen LogP contribution >= 0.6 is 22.9 Å². The van der Waals surface area contributed by atoms with Gasteiger partial charge in [0.05, 0.1) is 26.0 Å². The van der Waals surface area contributed by atoms with Gasteiger partial charge in [0.15, 0.2) is 0 Å². The van der Waals surface area contributed by atoms with Crippen LogP contribution in [0.2, 0.25) is 5.02 Å². The number of nitrogens with one attached hydrogen (secondary N) is 1. The number of halogens is 1. The largest absolute Gasteiger partial charge is 0.495 e. The normalized spacial score (nSPS) is 14.8. The van der Waals surface area contributed by atoms with Crippen LogP contribution in [0, 0.1) is 0 Å². The fourth-order valence-corrected chi connectivity index (χ4v) is 6.35. The minimum Gasteiger partial charge on any atom is -0.495 e. The van der Waals surface area contributed by atoms with E-state index >= 15 is 0 Å². The zero-order chi connectivity index (χ0) is 22.7. The molecule has 0 atom stereocenters. The Balaban J connectivity index is 1.56. The number of ether oxygens (including phenoxy) is 2. The van der Waals surface area contributed by atoms with E-state index in [1.807, 2.05) is 6.07 Å². The highest BCUT2D eigenvalue weighted by Crippen LogP contribution is 2.33. The highest BCUT2D eigenvalue weighted by atomic mass is 35.5. The van der Waals surface area contributed by atoms with Crippen LogP contribution in [0.4, 0.5) is 5.69 Å². The monoisotopic (exact) mass is 492 g/mol. The summed E-state index contributed by atoms with van der Waals surface area (Å²) in [5, 5.41) is 3.28. The van der Waals surface area contributed by atoms with Crippen LogP contribution in [0.5, 0.6) is 5.75 Å². The SMILES string of the molecule is COc1ccc(Cl)cc1NC(=O)c1cccc(-c2ccc(S(=O)(=O)N3CCOCC3)s2)c1. The maximum absolute atomic E-state index is 12.9. The summed E-state index contributed by atoms with van der Waals surface area (Å²) in [5.41, 5.74) is 1.64. The molecule has 1 N–H and O–H groups in total. The smallest absolute Gasteiger partial charge is 0.255 e. The molecule has 10 heteroatoms. The number of methoxy groups -OCH3 is 1. The molecule has 2 aromatic carbocycles. The third kappa shape index (κ3) is 4.82. The van der Waals surface area contributed by atoms with Crippen molar-refractivity contribution in [1.29, 1.82) is 0 Å². The first kappa shape index (κ1) is 22.8. The van der Waals surface area contributed by atoms with Crippen LogP contribution in [0.3, 0.4) is 0 Å². The van der Waals surface area contributed by atoms with E-state index in [1.165, 1.54) is 22.8 Å². The summed E-state index contributed by atoms with van der Waals surface area (Å²) in [6.45, 7) is 1.48. The lowest BCUT2D eigenvalue weighted by molar-refractivity contribution is 0.0731. The molecule has 7 nitrogen and oxygen atoms in total. The van der Waals surface area contributed by atoms with Gasteiger partial charge in [-0.1, -0.05) is 23.7 Å². The molecule has 1 amide bonds. The number of amides is 1. The second-order valence-electron chi connectivity index (χ2n) is 7.01. The van der Waals surface area contributed by atoms with E-state index in [2.05, 4.69) is 5.32 Å². The van der Waals surface area contributed by atoms with E-state index in [0.717, 1.165) is 10.4 Å². The number of benzene rings is 2. The first-order chi connectivity index (χ1) is 15.4. The Labute approximate surface area is 195 Å². The van der Waals surface area contributed by atoms with Crippen LogP contribution in [0.1, 0.15) is 10.4 Å². The number of hydrogen-bond acceptors (Lipinski definition) is 6. The van der Waals surface area contributed by atoms with Crippen molar-refractivity contribution in [1.82, 2.24) is 4.31 Å². The standard InChI is InChI=1S/C22H21ClN2O5S2/c1-29-19-6-5-17(23)14-18(19)24-22(26)16-4-2-3-15(13-16)20-7-8-21(31-20)32(27,28)25-9-11-30-12-10-25/h2-8,13-14H,9-12H2,1H3,(H,24,26). The van der Waals surface area contributed by atoms with Gasteiger partial charge in [0, 0.05) is 28.6 Å². The van der Waals surface area contributed by atoms with E-state index in [-0.39, 0.29) is 10.1 Å². The van der Waals surface area contributed by atoms with Gasteiger partial charge in [-0.2, -0.15) is 4.31 Å². The number of carbonyl (C=O) groups is 1. The van der Waals surface area contributed by atoms with Gasteiger partial charge in [-0.15, -0.1) is 11.3 Å². The number of anilines is 1. The summed E-state index contributed by atoms with van der Waals surface area (Å²) >= 11 is 7.22. The van der Waals surface area contributed by atoms with E-state index in [1.54, 1.807) is 48.5 Å². The van der Waals surface area contributed by atoms with Gasteiger partial charge in [0.25, 0.3) is 15.9 Å². The second kappa shape index (κ2) is 9.60. The topological polar surface area (TPSA) is 84.9 Å². The number of morpholine rings is 1. The summed E-state index contributed by atoms with van der Waals surface area (Å²) in [7, 11) is -2.05. The van der Waals surface area contributed by atoms with Gasteiger partial charge in [-0.25, -0.2) is 8.42 Å². The minimum atomic E-state index is -3.56. The molecular weight excluding hydrogens is 472 g/mol. The van der Waals surface area contributed by atoms with Crippen LogP contribution in [-0.4, -0.2) is 52.0 Å². The van der Waals surface area contributed by atoms with E-state index < -0.39 is 10.0 Å². The van der Waals surface area contributed by atoms with Gasteiger partial charge in [0.2, 0.25) is 0 Å². The van der Waals surface area contributed by atoms with Gasteiger partial charge in [-0.3, -0.25) is 4.79 Å². The molecule has 0 aliphatic carbocycles. The third-order valence-electron chi connectivity index (χ3n) is 4.96. The lowest BCUT2D eigenvalue weighted by Gasteiger charge is -2.25. The highest BCUT2D eigenvalue weighted by molar-refractivity contribution is 7.91. The summed E-state index contributed by atoms with van der Waals surface area (Å²) in [4.78, 5) is 13.6. The van der Waals surface area contributed by atoms with E-state index in [4.69, 9.17) is 21.1 Å². The first-order valence-electron chi connectivity index (χ1n) is 9.81. The van der Waals surface area contributed by atoms with Crippen LogP contribution in [-0.2, 0) is 14.8 Å². The molecule has 32 heavy (non-hydrogen) atoms. The van der Waals surface area contributed by atoms with Crippen molar-refractivity contribution in [3.05, 3.63) is 65.2 Å². The zero-order valence-electron chi connectivity index (χ0n) is 17.2. The fourth-order valence-electron chi connectivity index (χ4n) is 3.31. The van der Waals surface area contributed by atoms with E-state index in [9.17, 15) is 13.2 Å². The average molecular weight is 493 g/mol. The Morgan fingerprint density at radius 1 is 1.12 bits per heavy atom. The number of rotatable bonds is 6. The second-order valence-corrected chi connectivity index (χ2v) is 10.7. The maximum Gasteiger partial charge on any atom is 0.255 e. The minimum absolute atomic E-state index is 0.271. The Kier molecular flexibility index (Phi) is 6.82. The van der Waals surface area contributed by atoms with Crippen LogP contribution in [0.25, 0.3) is 10.4 Å². The lowest BCUT2D eigenvalue weighted by Crippen LogP contribution is -2.40. The zero-order valence-corrected chi connectivity index (χ0v) is 19.6. The van der Waals surface area contributed by atoms with Crippen LogP contribution in [0.15, 0.2) is 58.8 Å². The molecule has 0 unspecified atom stereocenters. The van der Waals surface area contributed by atoms with Gasteiger partial charge in [-0.05, 0) is 48.0 Å². The molecule has 168 valence electrons. The molecule has 0 radical (unpaired) electrons. The summed E-state index contributed by atoms with van der Waals surface area (Å²) in [5.74, 6) is 0.167. The Morgan fingerprint density at radius 3 is 2.66 bits per heavy atom. The highest BCUT2D eigenvalue weighted by Gasteiger charge is 2.28. The molecule has 0 bridgehead atoms. The maximum atomic E-state index is 12.9. The molecular formula is C22H21ClN2O5S2. The molecule has 1 aromatic heterocycles. The molecule has 2 heterocycles. The summed E-state index contributed by atoms with van der Waals surface area (Å²) in [6, 6.07) is 15.3. The van der Waals surface area contributed by atoms with Crippen molar-refractivity contribution in [3.8, 4) is 16.2 Å². The predicted octanol–water partition coefficient (Wildman–Crippen LogP) is 4.35. The molecule has 0 spiro atoms. The number of nitrogens with zero attached hydrogens (tertiary/aromatic N) is 1. The molecule has 1 aliphatic heterocycles. The molecule has 1 fully saturated rings. The predicted molar refractivity (Wildman–Crippen MR) is 125 cm³/mol. The number of sulfonamides is 1. The lowest BCUT2D eigenvalue weighted by atomic mass is 10.1. The first-order valence-corrected chi connectivity index (χ1v) is 12.4. The van der Waals surface area contributed by atoms with Crippen molar-refractivity contribution in [2.45, 2.75) is 4.21 Å². The molecule has 1 saturated heterocycles. The average Bonchev–Trinajstić information content (AvgIpc) is 3.31. The molecule has 3 aromatic rings. The molecule has 4 rings (SSSR count). The van der Waals surface area contributed by atoms with Crippen molar-refractivity contribution >= 4 is 44.6 Å². The van der Waals surface area contributed by atoms with Crippen molar-refractivity contribution in [2.75, 3.05) is 38.7 Å². The van der Waals surface area contributed by atoms with Gasteiger partial charge in [0.1, 0.15) is 9.96 Å². The Bertz CT molecular complexity index is 1240. The third-order valence-corrected chi connectivity index (χ3v) is 8.70.